The number of nitrogens with two attached hydrogens (primary N) is 1. The zero-order valence-electron chi connectivity index (χ0n) is 13.9. The molecule has 5 heteroatoms. The van der Waals surface area contributed by atoms with E-state index in [1.807, 2.05) is 13.8 Å². The number of anilines is 1. The van der Waals surface area contributed by atoms with E-state index >= 15 is 0 Å². The molecule has 1 aliphatic carbocycles. The minimum Gasteiger partial charge on any atom is -0.396 e. The van der Waals surface area contributed by atoms with E-state index in [-0.39, 0.29) is 11.6 Å². The average molecular weight is 312 g/mol. The minimum absolute atomic E-state index is 0.234. The van der Waals surface area contributed by atoms with Crippen molar-refractivity contribution in [3.63, 3.8) is 0 Å². The topological polar surface area (TPSA) is 80.9 Å². The van der Waals surface area contributed by atoms with E-state index in [0.717, 1.165) is 22.9 Å². The van der Waals surface area contributed by atoms with Crippen LogP contribution in [-0.2, 0) is 0 Å². The Morgan fingerprint density at radius 1 is 1.30 bits per heavy atom. The summed E-state index contributed by atoms with van der Waals surface area (Å²) in [5.41, 5.74) is 10.1. The molecule has 1 aromatic carbocycles. The third-order valence-electron chi connectivity index (χ3n) is 4.74. The number of carbonyl (C=O) groups excluding carboxylic acids is 1. The summed E-state index contributed by atoms with van der Waals surface area (Å²) in [7, 11) is 0. The lowest BCUT2D eigenvalue weighted by atomic mass is 9.93. The van der Waals surface area contributed by atoms with E-state index in [1.54, 1.807) is 0 Å². The van der Waals surface area contributed by atoms with Crippen molar-refractivity contribution in [1.82, 2.24) is 15.5 Å². The van der Waals surface area contributed by atoms with Gasteiger partial charge in [0, 0.05) is 11.9 Å². The number of nitrogens with zero attached hydrogens (tertiary/aromatic N) is 2. The number of aryl methyl sites for hydroxylation is 1. The van der Waals surface area contributed by atoms with Gasteiger partial charge in [0.2, 0.25) is 0 Å². The lowest BCUT2D eigenvalue weighted by Gasteiger charge is -2.15. The van der Waals surface area contributed by atoms with Gasteiger partial charge in [-0.1, -0.05) is 31.9 Å². The molecule has 0 saturated heterocycles. The van der Waals surface area contributed by atoms with Crippen molar-refractivity contribution in [2.75, 3.05) is 12.3 Å². The maximum Gasteiger partial charge on any atom is 0.273 e. The van der Waals surface area contributed by atoms with E-state index in [1.165, 1.54) is 31.2 Å². The van der Waals surface area contributed by atoms with Crippen molar-refractivity contribution in [3.05, 3.63) is 29.0 Å². The summed E-state index contributed by atoms with van der Waals surface area (Å²) in [4.78, 5) is 12.2. The van der Waals surface area contributed by atoms with Gasteiger partial charge in [0.05, 0.1) is 11.2 Å². The number of fused-ring (bicyclic) bond motifs is 1. The normalized spacial score (nSPS) is 15.2. The molecule has 1 saturated carbocycles. The SMILES string of the molecule is CCCNC(=O)c1nnc2c(C3CCCC3)ccc(C)c2c1N. The Morgan fingerprint density at radius 2 is 2.04 bits per heavy atom. The molecule has 2 aromatic rings. The van der Waals surface area contributed by atoms with Crippen LogP contribution in [0.5, 0.6) is 0 Å². The van der Waals surface area contributed by atoms with Crippen LogP contribution in [0.1, 0.15) is 66.6 Å². The number of hydrogen-bond donors (Lipinski definition) is 2. The molecule has 5 nitrogen and oxygen atoms in total. The highest BCUT2D eigenvalue weighted by Crippen LogP contribution is 2.39. The first-order valence-corrected chi connectivity index (χ1v) is 8.47. The summed E-state index contributed by atoms with van der Waals surface area (Å²) >= 11 is 0. The van der Waals surface area contributed by atoms with Gasteiger partial charge >= 0.3 is 0 Å². The summed E-state index contributed by atoms with van der Waals surface area (Å²) in [5.74, 6) is 0.288. The number of rotatable bonds is 4. The van der Waals surface area contributed by atoms with Crippen molar-refractivity contribution in [1.29, 1.82) is 0 Å². The summed E-state index contributed by atoms with van der Waals surface area (Å²) in [6.07, 6.45) is 5.79. The second-order valence-corrected chi connectivity index (χ2v) is 6.39. The molecule has 1 aromatic heterocycles. The first-order valence-electron chi connectivity index (χ1n) is 8.47. The Morgan fingerprint density at radius 3 is 2.74 bits per heavy atom. The highest BCUT2D eigenvalue weighted by atomic mass is 16.1. The molecule has 0 unspecified atom stereocenters. The molecule has 0 radical (unpaired) electrons. The molecule has 122 valence electrons. The van der Waals surface area contributed by atoms with Crippen LogP contribution in [-0.4, -0.2) is 22.6 Å². The zero-order chi connectivity index (χ0) is 16.4. The Kier molecular flexibility index (Phi) is 4.46. The summed E-state index contributed by atoms with van der Waals surface area (Å²) < 4.78 is 0. The standard InChI is InChI=1S/C18H24N4O/c1-3-10-20-18(23)17-15(19)14-11(2)8-9-13(16(14)21-22-17)12-6-4-5-7-12/h8-9,12H,3-7,10H2,1-2H3,(H2,19,21)(H,20,23). The Hall–Kier alpha value is -2.17. The van der Waals surface area contributed by atoms with E-state index in [9.17, 15) is 4.79 Å². The van der Waals surface area contributed by atoms with Gasteiger partial charge < -0.3 is 11.1 Å². The minimum atomic E-state index is -0.246. The van der Waals surface area contributed by atoms with Crippen LogP contribution in [0.2, 0.25) is 0 Å². The Balaban J connectivity index is 2.10. The lowest BCUT2D eigenvalue weighted by Crippen LogP contribution is -2.26. The van der Waals surface area contributed by atoms with E-state index in [0.29, 0.717) is 18.2 Å². The zero-order valence-corrected chi connectivity index (χ0v) is 13.9. The van der Waals surface area contributed by atoms with Gasteiger partial charge in [-0.05, 0) is 43.2 Å². The van der Waals surface area contributed by atoms with Crippen LogP contribution < -0.4 is 11.1 Å². The third kappa shape index (κ3) is 2.87. The van der Waals surface area contributed by atoms with Crippen molar-refractivity contribution >= 4 is 22.5 Å². The Labute approximate surface area is 136 Å². The molecular formula is C18H24N4O. The van der Waals surface area contributed by atoms with Gasteiger partial charge in [-0.15, -0.1) is 10.2 Å². The van der Waals surface area contributed by atoms with Crippen molar-refractivity contribution in [2.45, 2.75) is 51.9 Å². The molecule has 0 aliphatic heterocycles. The molecule has 3 rings (SSSR count). The molecule has 1 fully saturated rings. The van der Waals surface area contributed by atoms with E-state index in [4.69, 9.17) is 5.73 Å². The number of nitrogen functional groups attached to an aromatic ring is 1. The molecule has 3 N–H and O–H groups in total. The first kappa shape index (κ1) is 15.7. The van der Waals surface area contributed by atoms with Gasteiger partial charge in [0.25, 0.3) is 5.91 Å². The van der Waals surface area contributed by atoms with Crippen molar-refractivity contribution < 1.29 is 4.79 Å². The van der Waals surface area contributed by atoms with Gasteiger partial charge in [0.1, 0.15) is 0 Å². The largest absolute Gasteiger partial charge is 0.396 e. The molecular weight excluding hydrogens is 288 g/mol. The van der Waals surface area contributed by atoms with Crippen LogP contribution in [0.15, 0.2) is 12.1 Å². The Bertz CT molecular complexity index is 735. The van der Waals surface area contributed by atoms with Crippen LogP contribution in [0.4, 0.5) is 5.69 Å². The number of aromatic nitrogens is 2. The lowest BCUT2D eigenvalue weighted by molar-refractivity contribution is 0.0949. The number of hydrogen-bond acceptors (Lipinski definition) is 4. The molecule has 1 amide bonds. The quantitative estimate of drug-likeness (QED) is 0.907. The number of amides is 1. The van der Waals surface area contributed by atoms with Crippen LogP contribution in [0.25, 0.3) is 10.9 Å². The van der Waals surface area contributed by atoms with Crippen molar-refractivity contribution in [3.8, 4) is 0 Å². The fourth-order valence-electron chi connectivity index (χ4n) is 3.48. The highest BCUT2D eigenvalue weighted by Gasteiger charge is 2.23. The predicted molar refractivity (Wildman–Crippen MR) is 92.5 cm³/mol. The second-order valence-electron chi connectivity index (χ2n) is 6.39. The van der Waals surface area contributed by atoms with Crippen molar-refractivity contribution in [2.24, 2.45) is 0 Å². The third-order valence-corrected chi connectivity index (χ3v) is 4.74. The number of benzene rings is 1. The van der Waals surface area contributed by atoms with Crippen LogP contribution in [0, 0.1) is 6.92 Å². The first-order chi connectivity index (χ1) is 11.1. The fourth-order valence-corrected chi connectivity index (χ4v) is 3.48. The number of nitrogens with one attached hydrogen (secondary N) is 1. The predicted octanol–water partition coefficient (Wildman–Crippen LogP) is 3.32. The smallest absolute Gasteiger partial charge is 0.273 e. The van der Waals surface area contributed by atoms with Crippen LogP contribution >= 0.6 is 0 Å². The van der Waals surface area contributed by atoms with Gasteiger partial charge in [-0.25, -0.2) is 0 Å². The number of carbonyl (C=O) groups is 1. The fraction of sp³-hybridized carbons (Fsp3) is 0.500. The summed E-state index contributed by atoms with van der Waals surface area (Å²) in [5, 5.41) is 12.2. The van der Waals surface area contributed by atoms with E-state index < -0.39 is 0 Å². The monoisotopic (exact) mass is 312 g/mol. The molecule has 1 aliphatic rings. The van der Waals surface area contributed by atoms with E-state index in [2.05, 4.69) is 27.6 Å². The molecule has 1 heterocycles. The molecule has 0 atom stereocenters. The van der Waals surface area contributed by atoms with Gasteiger partial charge in [-0.2, -0.15) is 0 Å². The maximum absolute atomic E-state index is 12.2. The molecule has 0 bridgehead atoms. The average Bonchev–Trinajstić information content (AvgIpc) is 3.07. The maximum atomic E-state index is 12.2. The van der Waals surface area contributed by atoms with Gasteiger partial charge in [-0.3, -0.25) is 4.79 Å². The summed E-state index contributed by atoms with van der Waals surface area (Å²) in [6.45, 7) is 4.62. The van der Waals surface area contributed by atoms with Crippen LogP contribution in [0.3, 0.4) is 0 Å². The molecule has 23 heavy (non-hydrogen) atoms. The second kappa shape index (κ2) is 6.52. The van der Waals surface area contributed by atoms with Gasteiger partial charge in [0.15, 0.2) is 5.69 Å². The molecule has 0 spiro atoms. The summed E-state index contributed by atoms with van der Waals surface area (Å²) in [6, 6.07) is 4.24. The highest BCUT2D eigenvalue weighted by molar-refractivity contribution is 6.06.